The number of rotatable bonds is 3. The van der Waals surface area contributed by atoms with Crippen LogP contribution in [0.2, 0.25) is 0 Å². The van der Waals surface area contributed by atoms with Gasteiger partial charge < -0.3 is 13.8 Å². The highest BCUT2D eigenvalue weighted by Gasteiger charge is 2.22. The molecule has 0 aromatic carbocycles. The van der Waals surface area contributed by atoms with Gasteiger partial charge in [-0.05, 0) is 36.8 Å². The van der Waals surface area contributed by atoms with Crippen LogP contribution in [0.1, 0.15) is 79.4 Å². The van der Waals surface area contributed by atoms with Crippen LogP contribution in [-0.4, -0.2) is 36.2 Å². The zero-order valence-corrected chi connectivity index (χ0v) is 18.7. The average molecular weight is 380 g/mol. The van der Waals surface area contributed by atoms with Crippen LogP contribution in [0.25, 0.3) is 0 Å². The molecule has 3 rings (SSSR count). The van der Waals surface area contributed by atoms with E-state index in [1.165, 1.54) is 0 Å². The lowest BCUT2D eigenvalue weighted by Crippen LogP contribution is -2.43. The summed E-state index contributed by atoms with van der Waals surface area (Å²) in [5, 5.41) is 14.6. The van der Waals surface area contributed by atoms with Gasteiger partial charge in [0.2, 0.25) is 0 Å². The molecule has 0 N–H and O–H groups in total. The molecule has 0 spiro atoms. The van der Waals surface area contributed by atoms with Crippen LogP contribution in [0, 0.1) is 0 Å². The molecule has 0 saturated carbocycles. The van der Waals surface area contributed by atoms with Crippen molar-refractivity contribution in [3.63, 3.8) is 0 Å². The molecule has 151 valence electrons. The Morgan fingerprint density at radius 2 is 0.786 bits per heavy atom. The second-order valence-corrected chi connectivity index (χ2v) is 10.6. The van der Waals surface area contributed by atoms with E-state index in [1.807, 2.05) is 32.4 Å². The monoisotopic (exact) mass is 380 g/mol. The molecule has 3 aromatic rings. The molecule has 0 aliphatic carbocycles. The molecule has 3 aromatic heterocycles. The van der Waals surface area contributed by atoms with E-state index in [1.54, 1.807) is 0 Å². The van der Waals surface area contributed by atoms with E-state index in [-0.39, 0.29) is 23.4 Å². The van der Waals surface area contributed by atoms with Crippen molar-refractivity contribution in [1.29, 1.82) is 0 Å². The minimum absolute atomic E-state index is 0.0167. The van der Waals surface area contributed by atoms with Crippen LogP contribution < -0.4 is 0 Å². The van der Waals surface area contributed by atoms with Crippen molar-refractivity contribution < 1.29 is 0 Å². The third kappa shape index (κ3) is 4.08. The maximum absolute atomic E-state index is 4.87. The highest BCUT2D eigenvalue weighted by molar-refractivity contribution is 6.52. The Labute approximate surface area is 169 Å². The van der Waals surface area contributed by atoms with Crippen molar-refractivity contribution in [3.05, 3.63) is 53.9 Å². The lowest BCUT2D eigenvalue weighted by Gasteiger charge is -2.30. The lowest BCUT2D eigenvalue weighted by atomic mass is 9.93. The van der Waals surface area contributed by atoms with Crippen molar-refractivity contribution in [3.8, 4) is 0 Å². The molecule has 7 heteroatoms. The fourth-order valence-electron chi connectivity index (χ4n) is 2.96. The quantitative estimate of drug-likeness (QED) is 0.643. The zero-order chi connectivity index (χ0) is 20.9. The molecule has 6 nitrogen and oxygen atoms in total. The van der Waals surface area contributed by atoms with Gasteiger partial charge in [-0.2, -0.15) is 0 Å². The first-order chi connectivity index (χ1) is 12.8. The summed E-state index contributed by atoms with van der Waals surface area (Å²) in [6.45, 7) is 19.6. The molecule has 0 saturated heterocycles. The van der Waals surface area contributed by atoms with Gasteiger partial charge in [0.05, 0.1) is 17.1 Å². The van der Waals surface area contributed by atoms with Crippen LogP contribution in [0.5, 0.6) is 0 Å². The number of nitrogens with zero attached hydrogens (tertiary/aromatic N) is 6. The van der Waals surface area contributed by atoms with E-state index in [0.29, 0.717) is 0 Å². The van der Waals surface area contributed by atoms with Crippen molar-refractivity contribution in [1.82, 2.24) is 29.1 Å². The summed E-state index contributed by atoms with van der Waals surface area (Å²) in [4.78, 5) is 0. The molecule has 28 heavy (non-hydrogen) atoms. The molecular weight excluding hydrogens is 347 g/mol. The van der Waals surface area contributed by atoms with Gasteiger partial charge in [0.15, 0.2) is 0 Å². The van der Waals surface area contributed by atoms with Crippen LogP contribution >= 0.6 is 0 Å². The summed E-state index contributed by atoms with van der Waals surface area (Å²) in [6.07, 6.45) is 6.05. The molecular formula is C21H33BN6-. The Morgan fingerprint density at radius 1 is 0.536 bits per heavy atom. The van der Waals surface area contributed by atoms with E-state index < -0.39 is 0 Å². The molecule has 0 bridgehead atoms. The topological polar surface area (TPSA) is 53.5 Å². The van der Waals surface area contributed by atoms with Gasteiger partial charge in [0, 0.05) is 16.2 Å². The Kier molecular flexibility index (Phi) is 4.84. The van der Waals surface area contributed by atoms with Gasteiger partial charge in [0.1, 0.15) is 0 Å². The third-order valence-electron chi connectivity index (χ3n) is 4.84. The summed E-state index contributed by atoms with van der Waals surface area (Å²) in [5.74, 6) is 0. The summed E-state index contributed by atoms with van der Waals surface area (Å²) < 4.78 is 5.83. The summed E-state index contributed by atoms with van der Waals surface area (Å²) >= 11 is 0. The van der Waals surface area contributed by atoms with E-state index >= 15 is 0 Å². The molecule has 0 amide bonds. The molecule has 1 radical (unpaired) electrons. The standard InChI is InChI=1S/C21H33BN6/c1-19(2,3)16-10-13-26(23-16)22(27-14-11-17(24-27)20(4,5)6)28-15-12-18(25-28)21(7,8)9/h10-15H,1-9H3/q-1. The lowest BCUT2D eigenvalue weighted by molar-refractivity contribution is 0.551. The minimum atomic E-state index is -0.289. The summed E-state index contributed by atoms with van der Waals surface area (Å²) in [5.41, 5.74) is 3.09. The Balaban J connectivity index is 2.10. The fourth-order valence-corrected chi connectivity index (χ4v) is 2.96. The van der Waals surface area contributed by atoms with E-state index in [2.05, 4.69) is 80.5 Å². The minimum Gasteiger partial charge on any atom is -0.425 e. The van der Waals surface area contributed by atoms with E-state index in [0.717, 1.165) is 17.1 Å². The predicted octanol–water partition coefficient (Wildman–Crippen LogP) is 4.10. The Bertz CT molecular complexity index is 818. The predicted molar refractivity (Wildman–Crippen MR) is 115 cm³/mol. The maximum Gasteiger partial charge on any atom is 0.260 e. The SMILES string of the molecule is CC(C)(C)c1ccn([B-](n2ccc(C(C)(C)C)n2)n2ccc(C(C)(C)C)n2)n1. The van der Waals surface area contributed by atoms with E-state index in [4.69, 9.17) is 15.3 Å². The molecule has 0 unspecified atom stereocenters. The summed E-state index contributed by atoms with van der Waals surface area (Å²) in [6, 6.07) is 6.24. The molecule has 0 fully saturated rings. The highest BCUT2D eigenvalue weighted by atomic mass is 15.4. The van der Waals surface area contributed by atoms with Crippen LogP contribution in [0.3, 0.4) is 0 Å². The van der Waals surface area contributed by atoms with Crippen LogP contribution in [0.15, 0.2) is 36.8 Å². The van der Waals surface area contributed by atoms with Gasteiger partial charge in [0.25, 0.3) is 7.12 Å². The van der Waals surface area contributed by atoms with Crippen molar-refractivity contribution in [2.45, 2.75) is 78.6 Å². The number of hydrogen-bond acceptors (Lipinski definition) is 3. The molecule has 3 heterocycles. The normalized spacial score (nSPS) is 13.5. The first kappa shape index (κ1) is 20.4. The van der Waals surface area contributed by atoms with E-state index in [9.17, 15) is 0 Å². The first-order valence-electron chi connectivity index (χ1n) is 9.94. The smallest absolute Gasteiger partial charge is 0.260 e. The number of hydrogen-bond donors (Lipinski definition) is 0. The van der Waals surface area contributed by atoms with Gasteiger partial charge in [-0.25, -0.2) is 15.3 Å². The van der Waals surface area contributed by atoms with Crippen molar-refractivity contribution in [2.75, 3.05) is 0 Å². The Morgan fingerprint density at radius 3 is 0.964 bits per heavy atom. The number of aromatic nitrogens is 6. The van der Waals surface area contributed by atoms with Gasteiger partial charge >= 0.3 is 0 Å². The molecule has 0 aliphatic rings. The van der Waals surface area contributed by atoms with Gasteiger partial charge in [-0.3, -0.25) is 0 Å². The highest BCUT2D eigenvalue weighted by Crippen LogP contribution is 2.23. The molecule has 0 atom stereocenters. The summed E-state index contributed by atoms with van der Waals surface area (Å²) in [7, 11) is -0.289. The van der Waals surface area contributed by atoms with Gasteiger partial charge in [-0.15, -0.1) is 0 Å². The van der Waals surface area contributed by atoms with Crippen LogP contribution in [0.4, 0.5) is 0 Å². The van der Waals surface area contributed by atoms with Crippen molar-refractivity contribution >= 4 is 7.12 Å². The second-order valence-electron chi connectivity index (χ2n) is 10.6. The first-order valence-corrected chi connectivity index (χ1v) is 9.94. The average Bonchev–Trinajstić information content (AvgIpc) is 3.26. The van der Waals surface area contributed by atoms with Crippen molar-refractivity contribution in [2.24, 2.45) is 0 Å². The fraction of sp³-hybridized carbons (Fsp3) is 0.571. The third-order valence-corrected chi connectivity index (χ3v) is 4.84. The van der Waals surface area contributed by atoms with Gasteiger partial charge in [-0.1, -0.05) is 62.3 Å². The largest absolute Gasteiger partial charge is 0.425 e. The maximum atomic E-state index is 4.87. The van der Waals surface area contributed by atoms with Crippen LogP contribution in [-0.2, 0) is 16.2 Å². The second kappa shape index (κ2) is 6.64. The molecule has 0 aliphatic heterocycles. The Hall–Kier alpha value is -2.31. The zero-order valence-electron chi connectivity index (χ0n) is 18.7.